The molecule has 0 aliphatic heterocycles. The van der Waals surface area contributed by atoms with E-state index >= 15 is 0 Å². The highest BCUT2D eigenvalue weighted by Gasteiger charge is 2.31. The van der Waals surface area contributed by atoms with Crippen LogP contribution in [-0.4, -0.2) is 41.1 Å². The Balaban J connectivity index is 2.10. The summed E-state index contributed by atoms with van der Waals surface area (Å²) in [5.74, 6) is -1.05. The third-order valence-electron chi connectivity index (χ3n) is 5.10. The van der Waals surface area contributed by atoms with Crippen LogP contribution in [0.2, 0.25) is 0 Å². The van der Waals surface area contributed by atoms with E-state index in [0.717, 1.165) is 10.9 Å². The zero-order chi connectivity index (χ0) is 22.1. The molecule has 0 spiro atoms. The molecule has 0 unspecified atom stereocenters. The first-order valence-corrected chi connectivity index (χ1v) is 9.37. The van der Waals surface area contributed by atoms with Gasteiger partial charge in [0.25, 0.3) is 0 Å². The Labute approximate surface area is 177 Å². The number of methoxy groups -OCH3 is 2. The van der Waals surface area contributed by atoms with Crippen molar-refractivity contribution in [2.45, 2.75) is 0 Å². The first kappa shape index (κ1) is 20.0. The lowest BCUT2D eigenvalue weighted by atomic mass is 9.91. The number of hydrogen-bond acceptors (Lipinski definition) is 6. The molecule has 1 aromatic carbocycles. The normalized spacial score (nSPS) is 10.8. The van der Waals surface area contributed by atoms with E-state index in [-0.39, 0.29) is 17.2 Å². The van der Waals surface area contributed by atoms with E-state index < -0.39 is 11.9 Å². The highest BCUT2D eigenvalue weighted by molar-refractivity contribution is 6.11. The van der Waals surface area contributed by atoms with Crippen LogP contribution in [0.15, 0.2) is 55.4 Å². The lowest BCUT2D eigenvalue weighted by molar-refractivity contribution is 0.0590. The fourth-order valence-corrected chi connectivity index (χ4v) is 3.67. The average molecular weight is 416 g/mol. The number of ether oxygens (including phenoxy) is 2. The summed E-state index contributed by atoms with van der Waals surface area (Å²) in [6.45, 7) is 4.17. The van der Waals surface area contributed by atoms with Gasteiger partial charge in [-0.1, -0.05) is 24.8 Å². The highest BCUT2D eigenvalue weighted by atomic mass is 16.5. The molecule has 0 bridgehead atoms. The van der Waals surface area contributed by atoms with Crippen molar-refractivity contribution in [3.8, 4) is 11.1 Å². The molecule has 0 aliphatic carbocycles. The van der Waals surface area contributed by atoms with Crippen LogP contribution in [-0.2, 0) is 9.47 Å². The lowest BCUT2D eigenvalue weighted by Gasteiger charge is -2.12. The van der Waals surface area contributed by atoms with Gasteiger partial charge in [0.2, 0.25) is 0 Å². The number of nitrogens with one attached hydrogen (secondary N) is 2. The van der Waals surface area contributed by atoms with Crippen LogP contribution in [0.3, 0.4) is 0 Å². The number of esters is 2. The third kappa shape index (κ3) is 3.24. The molecule has 0 saturated carbocycles. The van der Waals surface area contributed by atoms with E-state index in [4.69, 9.17) is 15.2 Å². The molecule has 0 aliphatic rings. The van der Waals surface area contributed by atoms with Gasteiger partial charge in [0.1, 0.15) is 17.2 Å². The van der Waals surface area contributed by atoms with E-state index in [1.54, 1.807) is 24.5 Å². The number of carbonyl (C=O) groups is 2. The number of rotatable bonds is 5. The summed E-state index contributed by atoms with van der Waals surface area (Å²) >= 11 is 0. The summed E-state index contributed by atoms with van der Waals surface area (Å²) in [7, 11) is 2.53. The monoisotopic (exact) mass is 416 g/mol. The number of hydrogen-bond donors (Lipinski definition) is 3. The minimum absolute atomic E-state index is 0.0661. The number of nitrogen functional groups attached to an aromatic ring is 1. The van der Waals surface area contributed by atoms with Crippen molar-refractivity contribution in [1.82, 2.24) is 15.0 Å². The molecule has 8 heteroatoms. The van der Waals surface area contributed by atoms with Crippen molar-refractivity contribution >= 4 is 34.2 Å². The number of nitrogens with two attached hydrogens (primary N) is 1. The number of H-pyrrole nitrogens is 2. The molecule has 4 N–H and O–H groups in total. The van der Waals surface area contributed by atoms with Gasteiger partial charge < -0.3 is 25.2 Å². The van der Waals surface area contributed by atoms with Gasteiger partial charge in [0, 0.05) is 45.6 Å². The number of fused-ring (bicyclic) bond motifs is 1. The first-order valence-electron chi connectivity index (χ1n) is 9.37. The minimum atomic E-state index is -0.658. The largest absolute Gasteiger partial charge is 0.464 e. The van der Waals surface area contributed by atoms with Gasteiger partial charge in [-0.3, -0.25) is 0 Å². The summed E-state index contributed by atoms with van der Waals surface area (Å²) in [6.07, 6.45) is 3.33. The number of pyridine rings is 1. The van der Waals surface area contributed by atoms with Gasteiger partial charge in [-0.15, -0.1) is 0 Å². The Morgan fingerprint density at radius 1 is 1.03 bits per heavy atom. The Morgan fingerprint density at radius 3 is 2.45 bits per heavy atom. The van der Waals surface area contributed by atoms with Crippen LogP contribution < -0.4 is 5.73 Å². The van der Waals surface area contributed by atoms with Crippen LogP contribution in [0.4, 0.5) is 5.82 Å². The molecule has 156 valence electrons. The fraction of sp³-hybridized carbons (Fsp3) is 0.0870. The van der Waals surface area contributed by atoms with Crippen LogP contribution in [0.25, 0.3) is 27.6 Å². The van der Waals surface area contributed by atoms with E-state index in [2.05, 4.69) is 21.5 Å². The molecule has 3 aromatic heterocycles. The lowest BCUT2D eigenvalue weighted by Crippen LogP contribution is -2.07. The standard InChI is InChI=1S/C23H20N4O4/c1-12(13-8-6-10-25-21(13)24)17-18(15-11-26-16-9-5-4-7-14(15)16)20(23(29)31-3)27-19(17)22(28)30-2/h4-11,26-27H,1H2,2-3H3,(H2,24,25). The Hall–Kier alpha value is -4.33. The molecular weight excluding hydrogens is 396 g/mol. The number of aromatic amines is 2. The number of benzene rings is 1. The van der Waals surface area contributed by atoms with Gasteiger partial charge in [0.05, 0.1) is 14.2 Å². The molecule has 0 fully saturated rings. The third-order valence-corrected chi connectivity index (χ3v) is 5.10. The molecule has 0 saturated heterocycles. The summed E-state index contributed by atoms with van der Waals surface area (Å²) in [5, 5.41) is 0.858. The Morgan fingerprint density at radius 2 is 1.74 bits per heavy atom. The second-order valence-corrected chi connectivity index (χ2v) is 6.77. The molecule has 4 rings (SSSR count). The second-order valence-electron chi connectivity index (χ2n) is 6.77. The molecule has 31 heavy (non-hydrogen) atoms. The summed E-state index contributed by atoms with van der Waals surface area (Å²) in [4.78, 5) is 35.5. The second kappa shape index (κ2) is 7.83. The van der Waals surface area contributed by atoms with Crippen LogP contribution in [0, 0.1) is 0 Å². The number of nitrogens with zero attached hydrogens (tertiary/aromatic N) is 1. The van der Waals surface area contributed by atoms with Crippen molar-refractivity contribution in [2.24, 2.45) is 0 Å². The number of aromatic nitrogens is 3. The van der Waals surface area contributed by atoms with E-state index in [0.29, 0.717) is 27.8 Å². The summed E-state index contributed by atoms with van der Waals surface area (Å²) < 4.78 is 9.94. The van der Waals surface area contributed by atoms with Crippen LogP contribution >= 0.6 is 0 Å². The van der Waals surface area contributed by atoms with Crippen molar-refractivity contribution in [3.05, 3.63) is 77.9 Å². The van der Waals surface area contributed by atoms with E-state index in [1.165, 1.54) is 14.2 Å². The van der Waals surface area contributed by atoms with Gasteiger partial charge in [-0.25, -0.2) is 14.6 Å². The molecule has 4 aromatic rings. The van der Waals surface area contributed by atoms with Crippen LogP contribution in [0.1, 0.15) is 32.1 Å². The molecule has 0 radical (unpaired) electrons. The number of carbonyl (C=O) groups excluding carboxylic acids is 2. The highest BCUT2D eigenvalue weighted by Crippen LogP contribution is 2.41. The van der Waals surface area contributed by atoms with Gasteiger partial charge >= 0.3 is 11.9 Å². The minimum Gasteiger partial charge on any atom is -0.464 e. The maximum absolute atomic E-state index is 12.7. The maximum Gasteiger partial charge on any atom is 0.355 e. The predicted octanol–water partition coefficient (Wildman–Crippen LogP) is 3.77. The Bertz CT molecular complexity index is 1330. The predicted molar refractivity (Wildman–Crippen MR) is 118 cm³/mol. The quantitative estimate of drug-likeness (QED) is 0.426. The summed E-state index contributed by atoms with van der Waals surface area (Å²) in [6, 6.07) is 11.1. The smallest absolute Gasteiger partial charge is 0.355 e. The zero-order valence-electron chi connectivity index (χ0n) is 17.0. The number of para-hydroxylation sites is 1. The molecule has 0 atom stereocenters. The van der Waals surface area contributed by atoms with Gasteiger partial charge in [-0.2, -0.15) is 0 Å². The van der Waals surface area contributed by atoms with Crippen molar-refractivity contribution < 1.29 is 19.1 Å². The number of anilines is 1. The van der Waals surface area contributed by atoms with E-state index in [9.17, 15) is 9.59 Å². The fourth-order valence-electron chi connectivity index (χ4n) is 3.67. The van der Waals surface area contributed by atoms with Crippen molar-refractivity contribution in [1.29, 1.82) is 0 Å². The topological polar surface area (TPSA) is 123 Å². The van der Waals surface area contributed by atoms with Crippen molar-refractivity contribution in [2.75, 3.05) is 20.0 Å². The molecule has 8 nitrogen and oxygen atoms in total. The first-order chi connectivity index (χ1) is 15.0. The van der Waals surface area contributed by atoms with E-state index in [1.807, 2.05) is 24.3 Å². The van der Waals surface area contributed by atoms with Gasteiger partial charge in [-0.05, 0) is 23.8 Å². The summed E-state index contributed by atoms with van der Waals surface area (Å²) in [5.41, 5.74) is 9.59. The maximum atomic E-state index is 12.7. The molecular formula is C23H20N4O4. The van der Waals surface area contributed by atoms with Crippen molar-refractivity contribution in [3.63, 3.8) is 0 Å². The Kier molecular flexibility index (Phi) is 5.04. The van der Waals surface area contributed by atoms with Crippen LogP contribution in [0.5, 0.6) is 0 Å². The zero-order valence-corrected chi connectivity index (χ0v) is 17.0. The van der Waals surface area contributed by atoms with Gasteiger partial charge in [0.15, 0.2) is 0 Å². The SMILES string of the molecule is C=C(c1cccnc1N)c1c(C(=O)OC)[nH]c(C(=O)OC)c1-c1c[nH]c2ccccc12. The molecule has 3 heterocycles. The molecule has 0 amide bonds. The average Bonchev–Trinajstić information content (AvgIpc) is 3.39.